The number of aromatic hydroxyl groups is 1. The molecule has 1 aliphatic rings. The maximum Gasteiger partial charge on any atom is 0.289 e. The number of rotatable bonds is 4. The van der Waals surface area contributed by atoms with Gasteiger partial charge in [0.2, 0.25) is 0 Å². The number of para-hydroxylation sites is 1. The van der Waals surface area contributed by atoms with Crippen molar-refractivity contribution in [3.05, 3.63) is 58.5 Å². The van der Waals surface area contributed by atoms with Gasteiger partial charge >= 0.3 is 0 Å². The number of phenolic OH excluding ortho intramolecular Hbond substituents is 1. The Bertz CT molecular complexity index is 875. The Hall–Kier alpha value is -2.73. The van der Waals surface area contributed by atoms with Crippen molar-refractivity contribution in [2.45, 2.75) is 13.8 Å². The first-order valence-corrected chi connectivity index (χ1v) is 8.69. The van der Waals surface area contributed by atoms with Gasteiger partial charge in [-0.25, -0.2) is 4.99 Å². The van der Waals surface area contributed by atoms with Gasteiger partial charge in [-0.05, 0) is 61.0 Å². The summed E-state index contributed by atoms with van der Waals surface area (Å²) < 4.78 is 5.40. The van der Waals surface area contributed by atoms with Gasteiger partial charge in [-0.3, -0.25) is 4.79 Å². The predicted octanol–water partition coefficient (Wildman–Crippen LogP) is 4.63. The van der Waals surface area contributed by atoms with Crippen LogP contribution in [-0.4, -0.2) is 22.8 Å². The number of phenols is 1. The highest BCUT2D eigenvalue weighted by Crippen LogP contribution is 2.32. The van der Waals surface area contributed by atoms with Crippen LogP contribution in [0.2, 0.25) is 0 Å². The molecule has 0 aliphatic carbocycles. The number of amidine groups is 1. The van der Waals surface area contributed by atoms with E-state index >= 15 is 0 Å². The number of ether oxygens (including phenoxy) is 1. The van der Waals surface area contributed by atoms with Crippen molar-refractivity contribution < 1.29 is 14.6 Å². The van der Waals surface area contributed by atoms with Gasteiger partial charge in [0, 0.05) is 0 Å². The predicted molar refractivity (Wildman–Crippen MR) is 102 cm³/mol. The normalized spacial score (nSPS) is 17.1. The van der Waals surface area contributed by atoms with Crippen LogP contribution in [0.15, 0.2) is 52.4 Å². The number of nitrogens with one attached hydrogen (secondary N) is 1. The zero-order valence-corrected chi connectivity index (χ0v) is 14.8. The summed E-state index contributed by atoms with van der Waals surface area (Å²) in [5.41, 5.74) is 2.66. The van der Waals surface area contributed by atoms with E-state index in [0.29, 0.717) is 18.2 Å². The van der Waals surface area contributed by atoms with E-state index in [4.69, 9.17) is 4.74 Å². The zero-order chi connectivity index (χ0) is 17.8. The second kappa shape index (κ2) is 7.44. The van der Waals surface area contributed by atoms with Gasteiger partial charge in [0.15, 0.2) is 11.5 Å². The molecule has 1 fully saturated rings. The molecule has 1 saturated heterocycles. The Morgan fingerprint density at radius 1 is 1.28 bits per heavy atom. The highest BCUT2D eigenvalue weighted by molar-refractivity contribution is 8.18. The summed E-state index contributed by atoms with van der Waals surface area (Å²) in [7, 11) is 0. The molecular formula is C19H18N2O3S. The highest BCUT2D eigenvalue weighted by Gasteiger charge is 2.23. The van der Waals surface area contributed by atoms with Crippen LogP contribution >= 0.6 is 11.8 Å². The summed E-state index contributed by atoms with van der Waals surface area (Å²) >= 11 is 1.09. The monoisotopic (exact) mass is 354 g/mol. The Morgan fingerprint density at radius 3 is 2.84 bits per heavy atom. The molecular weight excluding hydrogens is 336 g/mol. The van der Waals surface area contributed by atoms with Crippen LogP contribution in [-0.2, 0) is 0 Å². The Balaban J connectivity index is 1.97. The van der Waals surface area contributed by atoms with Gasteiger partial charge in [-0.2, -0.15) is 0 Å². The van der Waals surface area contributed by atoms with Crippen LogP contribution in [0.5, 0.6) is 11.5 Å². The van der Waals surface area contributed by atoms with E-state index in [1.165, 1.54) is 0 Å². The van der Waals surface area contributed by atoms with Gasteiger partial charge < -0.3 is 15.2 Å². The number of nitrogens with zero attached hydrogens (tertiary/aromatic N) is 1. The minimum atomic E-state index is -0.164. The third-order valence-corrected chi connectivity index (χ3v) is 4.40. The average molecular weight is 354 g/mol. The summed E-state index contributed by atoms with van der Waals surface area (Å²) in [4.78, 5) is 17.1. The number of carbonyl (C=O) groups excluding carboxylic acids is 1. The van der Waals surface area contributed by atoms with Crippen molar-refractivity contribution in [1.29, 1.82) is 0 Å². The van der Waals surface area contributed by atoms with Crippen molar-refractivity contribution in [1.82, 2.24) is 5.32 Å². The lowest BCUT2D eigenvalue weighted by Crippen LogP contribution is -2.18. The van der Waals surface area contributed by atoms with Gasteiger partial charge in [0.1, 0.15) is 5.84 Å². The van der Waals surface area contributed by atoms with Crippen LogP contribution in [0.1, 0.15) is 18.1 Å². The first-order valence-electron chi connectivity index (χ1n) is 7.88. The summed E-state index contributed by atoms with van der Waals surface area (Å²) in [5, 5.41) is 12.4. The molecule has 2 N–H and O–H groups in total. The van der Waals surface area contributed by atoms with Crippen molar-refractivity contribution in [2.75, 3.05) is 6.61 Å². The molecule has 128 valence electrons. The molecule has 0 aromatic heterocycles. The molecule has 2 aromatic rings. The summed E-state index contributed by atoms with van der Waals surface area (Å²) in [6.07, 6.45) is 1.85. The van der Waals surface area contributed by atoms with Gasteiger partial charge in [-0.1, -0.05) is 24.3 Å². The van der Waals surface area contributed by atoms with Crippen molar-refractivity contribution in [2.24, 2.45) is 4.99 Å². The molecule has 2 aromatic carbocycles. The zero-order valence-electron chi connectivity index (χ0n) is 13.9. The molecule has 1 heterocycles. The summed E-state index contributed by atoms with van der Waals surface area (Å²) in [6, 6.07) is 12.8. The minimum Gasteiger partial charge on any atom is -0.504 e. The first kappa shape index (κ1) is 17.1. The van der Waals surface area contributed by atoms with E-state index in [9.17, 15) is 9.90 Å². The average Bonchev–Trinajstić information content (AvgIpc) is 2.92. The maximum absolute atomic E-state index is 11.8. The Morgan fingerprint density at radius 2 is 2.08 bits per heavy atom. The third-order valence-electron chi connectivity index (χ3n) is 3.59. The van der Waals surface area contributed by atoms with Crippen LogP contribution in [0.4, 0.5) is 10.5 Å². The lowest BCUT2D eigenvalue weighted by atomic mass is 10.2. The van der Waals surface area contributed by atoms with E-state index in [0.717, 1.165) is 33.5 Å². The minimum absolute atomic E-state index is 0.0890. The number of aryl methyl sites for hydroxylation is 1. The fourth-order valence-electron chi connectivity index (χ4n) is 2.37. The maximum atomic E-state index is 11.8. The van der Waals surface area contributed by atoms with E-state index in [2.05, 4.69) is 10.3 Å². The van der Waals surface area contributed by atoms with Crippen molar-refractivity contribution >= 4 is 34.6 Å². The smallest absolute Gasteiger partial charge is 0.289 e. The molecule has 6 heteroatoms. The van der Waals surface area contributed by atoms with E-state index < -0.39 is 0 Å². The van der Waals surface area contributed by atoms with Crippen LogP contribution in [0.25, 0.3) is 6.08 Å². The van der Waals surface area contributed by atoms with Gasteiger partial charge in [0.25, 0.3) is 5.24 Å². The fraction of sp³-hybridized carbons (Fsp3) is 0.158. The van der Waals surface area contributed by atoms with Crippen molar-refractivity contribution in [3.8, 4) is 11.5 Å². The number of aliphatic imine (C=N–C) groups is 1. The SMILES string of the molecule is CCOc1cc(/C=C2\SC(=O)NC2=Nc2ccccc2C)ccc1O. The van der Waals surface area contributed by atoms with E-state index in [1.54, 1.807) is 18.2 Å². The van der Waals surface area contributed by atoms with Gasteiger partial charge in [0.05, 0.1) is 17.2 Å². The molecule has 1 aliphatic heterocycles. The number of amides is 1. The lowest BCUT2D eigenvalue weighted by molar-refractivity contribution is 0.265. The molecule has 0 atom stereocenters. The standard InChI is InChI=1S/C19H18N2O3S/c1-3-24-16-10-13(8-9-15(16)22)11-17-18(21-19(23)25-17)20-14-7-5-4-6-12(14)2/h4-11,22H,3H2,1-2H3,(H,20,21,23)/b17-11-. The second-order valence-electron chi connectivity index (χ2n) is 5.43. The van der Waals surface area contributed by atoms with Crippen LogP contribution in [0, 0.1) is 6.92 Å². The summed E-state index contributed by atoms with van der Waals surface area (Å²) in [6.45, 7) is 4.29. The lowest BCUT2D eigenvalue weighted by Gasteiger charge is -2.07. The molecule has 0 unspecified atom stereocenters. The summed E-state index contributed by atoms with van der Waals surface area (Å²) in [5.74, 6) is 1.03. The van der Waals surface area contributed by atoms with E-state index in [-0.39, 0.29) is 11.0 Å². The highest BCUT2D eigenvalue weighted by atomic mass is 32.2. The molecule has 5 nitrogen and oxygen atoms in total. The van der Waals surface area contributed by atoms with Crippen LogP contribution < -0.4 is 10.1 Å². The molecule has 25 heavy (non-hydrogen) atoms. The number of hydrogen-bond acceptors (Lipinski definition) is 5. The molecule has 3 rings (SSSR count). The molecule has 0 saturated carbocycles. The number of carbonyl (C=O) groups is 1. The third kappa shape index (κ3) is 4.03. The quantitative estimate of drug-likeness (QED) is 0.840. The molecule has 0 spiro atoms. The first-order chi connectivity index (χ1) is 12.1. The Kier molecular flexibility index (Phi) is 5.09. The topological polar surface area (TPSA) is 70.9 Å². The molecule has 0 radical (unpaired) electrons. The fourth-order valence-corrected chi connectivity index (χ4v) is 3.10. The molecule has 0 bridgehead atoms. The number of hydrogen-bond donors (Lipinski definition) is 2. The number of benzene rings is 2. The van der Waals surface area contributed by atoms with Gasteiger partial charge in [-0.15, -0.1) is 0 Å². The largest absolute Gasteiger partial charge is 0.504 e. The Labute approximate surface area is 150 Å². The molecule has 1 amide bonds. The van der Waals surface area contributed by atoms with Crippen molar-refractivity contribution in [3.63, 3.8) is 0 Å². The number of thioether (sulfide) groups is 1. The van der Waals surface area contributed by atoms with Crippen LogP contribution in [0.3, 0.4) is 0 Å². The van der Waals surface area contributed by atoms with E-state index in [1.807, 2.05) is 44.2 Å². The second-order valence-corrected chi connectivity index (χ2v) is 6.44.